The van der Waals surface area contributed by atoms with E-state index in [1.54, 1.807) is 24.5 Å². The topological polar surface area (TPSA) is 95.2 Å². The van der Waals surface area contributed by atoms with Gasteiger partial charge in [-0.25, -0.2) is 8.42 Å². The molecule has 1 saturated heterocycles. The van der Waals surface area contributed by atoms with E-state index in [9.17, 15) is 13.2 Å². The van der Waals surface area contributed by atoms with E-state index in [0.29, 0.717) is 18.8 Å². The van der Waals surface area contributed by atoms with E-state index < -0.39 is 15.9 Å². The van der Waals surface area contributed by atoms with Gasteiger partial charge in [-0.15, -0.1) is 0 Å². The van der Waals surface area contributed by atoms with Gasteiger partial charge in [0.15, 0.2) is 0 Å². The second-order valence-corrected chi connectivity index (χ2v) is 6.99. The molecule has 116 valence electrons. The van der Waals surface area contributed by atoms with Crippen LogP contribution in [0.5, 0.6) is 0 Å². The molecule has 0 unspecified atom stereocenters. The Hall–Kier alpha value is -2.19. The highest BCUT2D eigenvalue weighted by atomic mass is 32.2. The lowest BCUT2D eigenvalue weighted by atomic mass is 10.3. The third-order valence-electron chi connectivity index (χ3n) is 3.54. The Morgan fingerprint density at radius 1 is 1.23 bits per heavy atom. The summed E-state index contributed by atoms with van der Waals surface area (Å²) in [4.78, 5) is 18.8. The third-order valence-corrected chi connectivity index (χ3v) is 5.42. The normalized spacial score (nSPS) is 15.8. The molecule has 1 fully saturated rings. The minimum absolute atomic E-state index is 0.120. The molecule has 0 aromatic carbocycles. The first-order valence-corrected chi connectivity index (χ1v) is 8.41. The predicted octanol–water partition coefficient (Wildman–Crippen LogP) is 1.45. The number of amides is 1. The van der Waals surface area contributed by atoms with Crippen molar-refractivity contribution in [3.05, 3.63) is 42.5 Å². The summed E-state index contributed by atoms with van der Waals surface area (Å²) >= 11 is 0. The van der Waals surface area contributed by atoms with Gasteiger partial charge in [-0.05, 0) is 31.0 Å². The maximum absolute atomic E-state index is 12.4. The number of carbonyl (C=O) groups excluding carboxylic acids is 1. The lowest BCUT2D eigenvalue weighted by molar-refractivity contribution is 0.102. The second-order valence-electron chi connectivity index (χ2n) is 5.05. The zero-order chi connectivity index (χ0) is 15.6. The number of carbonyl (C=O) groups is 1. The molecule has 0 atom stereocenters. The van der Waals surface area contributed by atoms with Crippen molar-refractivity contribution in [3.8, 4) is 0 Å². The molecule has 1 aliphatic heterocycles. The first kappa shape index (κ1) is 14.7. The number of sulfonamides is 1. The number of nitrogens with zero attached hydrogens (tertiary/aromatic N) is 2. The van der Waals surface area contributed by atoms with Gasteiger partial charge in [0.05, 0.1) is 0 Å². The lowest BCUT2D eigenvalue weighted by Crippen LogP contribution is -2.27. The number of hydrogen-bond acceptors (Lipinski definition) is 4. The van der Waals surface area contributed by atoms with Crippen LogP contribution in [0, 0.1) is 0 Å². The van der Waals surface area contributed by atoms with Gasteiger partial charge in [0.2, 0.25) is 10.0 Å². The molecule has 3 rings (SSSR count). The molecule has 0 aliphatic carbocycles. The van der Waals surface area contributed by atoms with Crippen LogP contribution in [0.1, 0.15) is 23.3 Å². The van der Waals surface area contributed by atoms with Crippen LogP contribution in [0.15, 0.2) is 41.7 Å². The lowest BCUT2D eigenvalue weighted by Gasteiger charge is -2.13. The number of H-pyrrole nitrogens is 1. The number of anilines is 1. The van der Waals surface area contributed by atoms with E-state index in [2.05, 4.69) is 15.3 Å². The monoisotopic (exact) mass is 320 g/mol. The molecule has 0 radical (unpaired) electrons. The van der Waals surface area contributed by atoms with Gasteiger partial charge in [-0.2, -0.15) is 4.31 Å². The van der Waals surface area contributed by atoms with E-state index in [0.717, 1.165) is 12.8 Å². The van der Waals surface area contributed by atoms with Crippen molar-refractivity contribution in [2.45, 2.75) is 17.7 Å². The fourth-order valence-electron chi connectivity index (χ4n) is 2.37. The molecule has 2 aromatic rings. The summed E-state index contributed by atoms with van der Waals surface area (Å²) in [6, 6.07) is 4.68. The van der Waals surface area contributed by atoms with Gasteiger partial charge in [-0.1, -0.05) is 0 Å². The van der Waals surface area contributed by atoms with Crippen LogP contribution in [0.4, 0.5) is 5.69 Å². The highest BCUT2D eigenvalue weighted by molar-refractivity contribution is 7.89. The summed E-state index contributed by atoms with van der Waals surface area (Å²) in [6.07, 6.45) is 6.23. The molecule has 2 N–H and O–H groups in total. The number of hydrogen-bond donors (Lipinski definition) is 2. The van der Waals surface area contributed by atoms with E-state index in [1.165, 1.54) is 16.6 Å². The maximum Gasteiger partial charge on any atom is 0.272 e. The van der Waals surface area contributed by atoms with Crippen molar-refractivity contribution >= 4 is 21.6 Å². The summed E-state index contributed by atoms with van der Waals surface area (Å²) in [5.74, 6) is -0.394. The van der Waals surface area contributed by atoms with Crippen LogP contribution >= 0.6 is 0 Å². The summed E-state index contributed by atoms with van der Waals surface area (Å²) in [7, 11) is -3.51. The number of aromatic nitrogens is 2. The molecule has 1 aliphatic rings. The molecule has 1 amide bonds. The van der Waals surface area contributed by atoms with Gasteiger partial charge in [0, 0.05) is 37.4 Å². The SMILES string of the molecule is O=C(Nc1ccncc1)c1cc(S(=O)(=O)N2CCCC2)c[nH]1. The van der Waals surface area contributed by atoms with Crippen molar-refractivity contribution < 1.29 is 13.2 Å². The van der Waals surface area contributed by atoms with E-state index in [4.69, 9.17) is 0 Å². The molecule has 8 heteroatoms. The van der Waals surface area contributed by atoms with Crippen molar-refractivity contribution in [3.63, 3.8) is 0 Å². The van der Waals surface area contributed by atoms with Crippen LogP contribution in [-0.4, -0.2) is 41.7 Å². The fourth-order valence-corrected chi connectivity index (χ4v) is 3.88. The summed E-state index contributed by atoms with van der Waals surface area (Å²) in [5.41, 5.74) is 0.799. The molecule has 22 heavy (non-hydrogen) atoms. The highest BCUT2D eigenvalue weighted by Gasteiger charge is 2.28. The summed E-state index contributed by atoms with van der Waals surface area (Å²) in [5, 5.41) is 2.67. The zero-order valence-electron chi connectivity index (χ0n) is 11.8. The summed E-state index contributed by atoms with van der Waals surface area (Å²) in [6.45, 7) is 1.07. The Labute approximate surface area is 128 Å². The molecule has 0 spiro atoms. The molecule has 0 bridgehead atoms. The Morgan fingerprint density at radius 3 is 2.59 bits per heavy atom. The van der Waals surface area contributed by atoms with Crippen molar-refractivity contribution in [2.75, 3.05) is 18.4 Å². The molecule has 0 saturated carbocycles. The van der Waals surface area contributed by atoms with E-state index in [1.807, 2.05) is 0 Å². The Kier molecular flexibility index (Phi) is 3.95. The summed E-state index contributed by atoms with van der Waals surface area (Å²) < 4.78 is 26.2. The molecular formula is C14H16N4O3S. The molecule has 3 heterocycles. The number of rotatable bonds is 4. The fraction of sp³-hybridized carbons (Fsp3) is 0.286. The maximum atomic E-state index is 12.4. The highest BCUT2D eigenvalue weighted by Crippen LogP contribution is 2.21. The zero-order valence-corrected chi connectivity index (χ0v) is 12.6. The minimum Gasteiger partial charge on any atom is -0.356 e. The first-order valence-electron chi connectivity index (χ1n) is 6.97. The minimum atomic E-state index is -3.51. The predicted molar refractivity (Wildman–Crippen MR) is 81.0 cm³/mol. The van der Waals surface area contributed by atoms with E-state index in [-0.39, 0.29) is 10.6 Å². The molecule has 7 nitrogen and oxygen atoms in total. The van der Waals surface area contributed by atoms with Crippen molar-refractivity contribution in [1.29, 1.82) is 0 Å². The smallest absolute Gasteiger partial charge is 0.272 e. The molecular weight excluding hydrogens is 304 g/mol. The van der Waals surface area contributed by atoms with Crippen LogP contribution in [-0.2, 0) is 10.0 Å². The van der Waals surface area contributed by atoms with Crippen LogP contribution in [0.2, 0.25) is 0 Å². The van der Waals surface area contributed by atoms with Crippen molar-refractivity contribution in [1.82, 2.24) is 14.3 Å². The van der Waals surface area contributed by atoms with Gasteiger partial charge in [-0.3, -0.25) is 9.78 Å². The Bertz CT molecular complexity index is 764. The number of nitrogens with one attached hydrogen (secondary N) is 2. The number of pyridine rings is 1. The van der Waals surface area contributed by atoms with Crippen LogP contribution < -0.4 is 5.32 Å². The Morgan fingerprint density at radius 2 is 1.91 bits per heavy atom. The van der Waals surface area contributed by atoms with Gasteiger partial charge < -0.3 is 10.3 Å². The Balaban J connectivity index is 1.77. The number of aromatic amines is 1. The van der Waals surface area contributed by atoms with E-state index >= 15 is 0 Å². The van der Waals surface area contributed by atoms with Crippen LogP contribution in [0.25, 0.3) is 0 Å². The first-order chi connectivity index (χ1) is 10.6. The van der Waals surface area contributed by atoms with Crippen LogP contribution in [0.3, 0.4) is 0 Å². The van der Waals surface area contributed by atoms with Gasteiger partial charge >= 0.3 is 0 Å². The quantitative estimate of drug-likeness (QED) is 0.891. The third kappa shape index (κ3) is 2.88. The van der Waals surface area contributed by atoms with Gasteiger partial charge in [0.25, 0.3) is 5.91 Å². The standard InChI is InChI=1S/C14H16N4O3S/c19-14(17-11-3-5-15-6-4-11)13-9-12(10-16-13)22(20,21)18-7-1-2-8-18/h3-6,9-10,16H,1-2,7-8H2,(H,15,17,19). The second kappa shape index (κ2) is 5.90. The molecule has 2 aromatic heterocycles. The average molecular weight is 320 g/mol. The average Bonchev–Trinajstić information content (AvgIpc) is 3.20. The van der Waals surface area contributed by atoms with Crippen molar-refractivity contribution in [2.24, 2.45) is 0 Å². The van der Waals surface area contributed by atoms with Gasteiger partial charge in [0.1, 0.15) is 10.6 Å². The largest absolute Gasteiger partial charge is 0.356 e.